The van der Waals surface area contributed by atoms with Gasteiger partial charge in [-0.1, -0.05) is 5.21 Å². The molecular formula is C8H15N5O. The Kier molecular flexibility index (Phi) is 2.47. The number of hydrogen-bond acceptors (Lipinski definition) is 5. The Morgan fingerprint density at radius 2 is 2.50 bits per heavy atom. The Morgan fingerprint density at radius 3 is 3.14 bits per heavy atom. The Labute approximate surface area is 82.2 Å². The first-order valence-electron chi connectivity index (χ1n) is 4.80. The zero-order valence-corrected chi connectivity index (χ0v) is 8.23. The Morgan fingerprint density at radius 1 is 1.64 bits per heavy atom. The summed E-state index contributed by atoms with van der Waals surface area (Å²) in [5.41, 5.74) is 5.76. The lowest BCUT2D eigenvalue weighted by Gasteiger charge is -2.34. The second-order valence-corrected chi connectivity index (χ2v) is 3.85. The normalized spacial score (nSPS) is 33.1. The maximum atomic E-state index is 6.23. The van der Waals surface area contributed by atoms with Gasteiger partial charge in [0.15, 0.2) is 5.82 Å². The maximum Gasteiger partial charge on any atom is 0.194 e. The van der Waals surface area contributed by atoms with Crippen molar-refractivity contribution in [3.63, 3.8) is 0 Å². The molecule has 0 radical (unpaired) electrons. The largest absolute Gasteiger partial charge is 0.381 e. The van der Waals surface area contributed by atoms with E-state index in [9.17, 15) is 0 Å². The van der Waals surface area contributed by atoms with Gasteiger partial charge in [-0.15, -0.1) is 10.2 Å². The minimum atomic E-state index is -0.466. The third kappa shape index (κ3) is 1.62. The van der Waals surface area contributed by atoms with Crippen LogP contribution >= 0.6 is 0 Å². The first-order valence-corrected chi connectivity index (χ1v) is 4.80. The van der Waals surface area contributed by atoms with Gasteiger partial charge < -0.3 is 10.5 Å². The van der Waals surface area contributed by atoms with Gasteiger partial charge in [0.1, 0.15) is 0 Å². The minimum absolute atomic E-state index is 0.215. The van der Waals surface area contributed by atoms with E-state index in [2.05, 4.69) is 20.6 Å². The van der Waals surface area contributed by atoms with E-state index in [0.717, 1.165) is 25.7 Å². The third-order valence-corrected chi connectivity index (χ3v) is 2.86. The summed E-state index contributed by atoms with van der Waals surface area (Å²) in [6, 6.07) is 0. The number of hydrogen-bond donors (Lipinski definition) is 2. The number of rotatable bonds is 2. The number of aromatic amines is 1. The number of methoxy groups -OCH3 is 1. The average molecular weight is 197 g/mol. The highest BCUT2D eigenvalue weighted by atomic mass is 16.5. The molecule has 1 aliphatic carbocycles. The van der Waals surface area contributed by atoms with Crippen LogP contribution in [0.4, 0.5) is 0 Å². The van der Waals surface area contributed by atoms with Crippen molar-refractivity contribution in [3.05, 3.63) is 5.82 Å². The number of ether oxygens (including phenoxy) is 1. The fraction of sp³-hybridized carbons (Fsp3) is 0.875. The van der Waals surface area contributed by atoms with E-state index in [1.54, 1.807) is 7.11 Å². The number of H-pyrrole nitrogens is 1. The van der Waals surface area contributed by atoms with Gasteiger partial charge in [-0.3, -0.25) is 0 Å². The molecule has 2 atom stereocenters. The molecule has 2 unspecified atom stereocenters. The molecule has 1 aromatic heterocycles. The van der Waals surface area contributed by atoms with Crippen molar-refractivity contribution in [2.24, 2.45) is 5.73 Å². The van der Waals surface area contributed by atoms with Crippen LogP contribution in [-0.2, 0) is 10.3 Å². The van der Waals surface area contributed by atoms with Crippen molar-refractivity contribution in [3.8, 4) is 0 Å². The van der Waals surface area contributed by atoms with E-state index < -0.39 is 5.54 Å². The van der Waals surface area contributed by atoms with Gasteiger partial charge in [-0.05, 0) is 25.7 Å². The molecule has 1 aromatic rings. The molecule has 0 bridgehead atoms. The van der Waals surface area contributed by atoms with Crippen LogP contribution in [0.2, 0.25) is 0 Å². The van der Waals surface area contributed by atoms with Crippen LogP contribution in [0.15, 0.2) is 0 Å². The molecule has 1 aliphatic rings. The lowest BCUT2D eigenvalue weighted by Crippen LogP contribution is -2.44. The van der Waals surface area contributed by atoms with Crippen molar-refractivity contribution in [1.29, 1.82) is 0 Å². The smallest absolute Gasteiger partial charge is 0.194 e. The van der Waals surface area contributed by atoms with Crippen molar-refractivity contribution in [2.45, 2.75) is 37.3 Å². The van der Waals surface area contributed by atoms with Crippen molar-refractivity contribution in [1.82, 2.24) is 20.6 Å². The monoisotopic (exact) mass is 197 g/mol. The van der Waals surface area contributed by atoms with Crippen molar-refractivity contribution >= 4 is 0 Å². The summed E-state index contributed by atoms with van der Waals surface area (Å²) in [7, 11) is 1.71. The van der Waals surface area contributed by atoms with Gasteiger partial charge >= 0.3 is 0 Å². The van der Waals surface area contributed by atoms with Gasteiger partial charge in [-0.25, -0.2) is 0 Å². The molecule has 0 amide bonds. The molecule has 0 spiro atoms. The third-order valence-electron chi connectivity index (χ3n) is 2.86. The highest BCUT2D eigenvalue weighted by molar-refractivity contribution is 5.04. The van der Waals surface area contributed by atoms with E-state index in [4.69, 9.17) is 10.5 Å². The van der Waals surface area contributed by atoms with Gasteiger partial charge in [0.25, 0.3) is 0 Å². The fourth-order valence-electron chi connectivity index (χ4n) is 2.03. The highest BCUT2D eigenvalue weighted by Crippen LogP contribution is 2.33. The second-order valence-electron chi connectivity index (χ2n) is 3.85. The molecule has 6 nitrogen and oxygen atoms in total. The average Bonchev–Trinajstić information content (AvgIpc) is 2.71. The molecule has 6 heteroatoms. The van der Waals surface area contributed by atoms with E-state index in [1.165, 1.54) is 0 Å². The molecule has 2 rings (SSSR count). The molecule has 0 saturated heterocycles. The van der Waals surface area contributed by atoms with Crippen molar-refractivity contribution in [2.75, 3.05) is 7.11 Å². The maximum absolute atomic E-state index is 6.23. The lowest BCUT2D eigenvalue weighted by molar-refractivity contribution is 0.0385. The zero-order chi connectivity index (χ0) is 10.0. The Bertz CT molecular complexity index is 288. The molecule has 0 aliphatic heterocycles. The second kappa shape index (κ2) is 3.62. The summed E-state index contributed by atoms with van der Waals surface area (Å²) < 4.78 is 5.32. The van der Waals surface area contributed by atoms with Gasteiger partial charge in [0.05, 0.1) is 11.6 Å². The van der Waals surface area contributed by atoms with Crippen LogP contribution in [0, 0.1) is 0 Å². The van der Waals surface area contributed by atoms with E-state index in [-0.39, 0.29) is 6.10 Å². The quantitative estimate of drug-likeness (QED) is 0.693. The van der Waals surface area contributed by atoms with Gasteiger partial charge in [0, 0.05) is 7.11 Å². The summed E-state index contributed by atoms with van der Waals surface area (Å²) in [5, 5.41) is 13.9. The first kappa shape index (κ1) is 9.54. The molecule has 1 saturated carbocycles. The van der Waals surface area contributed by atoms with Crippen LogP contribution in [0.25, 0.3) is 0 Å². The summed E-state index contributed by atoms with van der Waals surface area (Å²) in [4.78, 5) is 0. The zero-order valence-electron chi connectivity index (χ0n) is 8.23. The SMILES string of the molecule is COC1CCCC(N)(c2nn[nH]n2)C1. The summed E-state index contributed by atoms with van der Waals surface area (Å²) >= 11 is 0. The predicted molar refractivity (Wildman–Crippen MR) is 49.3 cm³/mol. The van der Waals surface area contributed by atoms with Gasteiger partial charge in [-0.2, -0.15) is 5.21 Å². The number of nitrogens with zero attached hydrogens (tertiary/aromatic N) is 3. The Balaban J connectivity index is 2.15. The molecule has 14 heavy (non-hydrogen) atoms. The van der Waals surface area contributed by atoms with Crippen LogP contribution in [-0.4, -0.2) is 33.8 Å². The topological polar surface area (TPSA) is 89.7 Å². The number of nitrogens with one attached hydrogen (secondary N) is 1. The molecular weight excluding hydrogens is 182 g/mol. The number of aromatic nitrogens is 4. The molecule has 78 valence electrons. The Hall–Kier alpha value is -1.01. The standard InChI is InChI=1S/C8H15N5O/c1-14-6-3-2-4-8(9,5-6)7-10-12-13-11-7/h6H,2-5,9H2,1H3,(H,10,11,12,13). The number of tetrazole rings is 1. The minimum Gasteiger partial charge on any atom is -0.381 e. The summed E-state index contributed by atoms with van der Waals surface area (Å²) in [6.45, 7) is 0. The van der Waals surface area contributed by atoms with Crippen LogP contribution < -0.4 is 5.73 Å². The molecule has 0 aromatic carbocycles. The molecule has 3 N–H and O–H groups in total. The van der Waals surface area contributed by atoms with Crippen molar-refractivity contribution < 1.29 is 4.74 Å². The van der Waals surface area contributed by atoms with E-state index in [1.807, 2.05) is 0 Å². The summed E-state index contributed by atoms with van der Waals surface area (Å²) in [6.07, 6.45) is 3.99. The van der Waals surface area contributed by atoms with E-state index >= 15 is 0 Å². The van der Waals surface area contributed by atoms with Crippen LogP contribution in [0.5, 0.6) is 0 Å². The first-order chi connectivity index (χ1) is 6.74. The molecule has 1 heterocycles. The fourth-order valence-corrected chi connectivity index (χ4v) is 2.03. The van der Waals surface area contributed by atoms with Crippen LogP contribution in [0.3, 0.4) is 0 Å². The van der Waals surface area contributed by atoms with Gasteiger partial charge in [0.2, 0.25) is 0 Å². The highest BCUT2D eigenvalue weighted by Gasteiger charge is 2.37. The lowest BCUT2D eigenvalue weighted by atomic mass is 9.80. The summed E-state index contributed by atoms with van der Waals surface area (Å²) in [5.74, 6) is 0.597. The van der Waals surface area contributed by atoms with Crippen LogP contribution in [0.1, 0.15) is 31.5 Å². The molecule has 1 fully saturated rings. The number of nitrogens with two attached hydrogens (primary N) is 1. The van der Waals surface area contributed by atoms with E-state index in [0.29, 0.717) is 5.82 Å². The predicted octanol–water partition coefficient (Wildman–Crippen LogP) is -0.0573.